The first-order valence-electron chi connectivity index (χ1n) is 9.69. The minimum absolute atomic E-state index is 0.0665. The molecule has 0 radical (unpaired) electrons. The molecule has 0 bridgehead atoms. The van der Waals surface area contributed by atoms with E-state index in [-0.39, 0.29) is 13.2 Å². The summed E-state index contributed by atoms with van der Waals surface area (Å²) in [6.07, 6.45) is 0.758. The molecule has 6 heteroatoms. The van der Waals surface area contributed by atoms with Gasteiger partial charge in [-0.1, -0.05) is 12.1 Å². The van der Waals surface area contributed by atoms with Gasteiger partial charge in [0.25, 0.3) is 0 Å². The molecule has 0 aliphatic carbocycles. The second-order valence-corrected chi connectivity index (χ2v) is 6.97. The zero-order chi connectivity index (χ0) is 19.1. The van der Waals surface area contributed by atoms with E-state index < -0.39 is 0 Å². The third-order valence-electron chi connectivity index (χ3n) is 5.02. The quantitative estimate of drug-likeness (QED) is 0.702. The largest absolute Gasteiger partial charge is 0.494 e. The van der Waals surface area contributed by atoms with Gasteiger partial charge in [0.2, 0.25) is 0 Å². The average molecular weight is 374 g/mol. The number of piperazine rings is 1. The van der Waals surface area contributed by atoms with Crippen LogP contribution in [0, 0.1) is 0 Å². The minimum atomic E-state index is -0.0665. The molecule has 0 unspecified atom stereocenters. The molecule has 1 aromatic carbocycles. The van der Waals surface area contributed by atoms with Crippen molar-refractivity contribution < 1.29 is 19.4 Å². The van der Waals surface area contributed by atoms with E-state index in [0.717, 1.165) is 50.7 Å². The molecule has 0 saturated carbocycles. The first-order valence-corrected chi connectivity index (χ1v) is 9.69. The van der Waals surface area contributed by atoms with Crippen molar-refractivity contribution in [2.75, 3.05) is 32.8 Å². The van der Waals surface area contributed by atoms with Crippen LogP contribution in [0.15, 0.2) is 40.8 Å². The Morgan fingerprint density at radius 1 is 1.04 bits per heavy atom. The van der Waals surface area contributed by atoms with Gasteiger partial charge in [-0.15, -0.1) is 0 Å². The van der Waals surface area contributed by atoms with E-state index in [2.05, 4.69) is 21.9 Å². The summed E-state index contributed by atoms with van der Waals surface area (Å²) in [6, 6.07) is 12.3. The lowest BCUT2D eigenvalue weighted by Gasteiger charge is -2.41. The van der Waals surface area contributed by atoms with Crippen LogP contribution in [0.3, 0.4) is 0 Å². The first kappa shape index (κ1) is 19.9. The molecule has 1 aromatic heterocycles. The van der Waals surface area contributed by atoms with Crippen LogP contribution in [0.25, 0.3) is 0 Å². The maximum absolute atomic E-state index is 9.50. The second-order valence-electron chi connectivity index (χ2n) is 6.97. The van der Waals surface area contributed by atoms with Crippen molar-refractivity contribution in [3.8, 4) is 5.75 Å². The fourth-order valence-electron chi connectivity index (χ4n) is 3.64. The van der Waals surface area contributed by atoms with Crippen molar-refractivity contribution in [2.24, 2.45) is 0 Å². The SMILES string of the molecule is CCOc1ccc(CN2CCN(Cc3ccc(CO)o3)C[C@H]2CCO)cc1. The van der Waals surface area contributed by atoms with E-state index in [0.29, 0.717) is 18.4 Å². The summed E-state index contributed by atoms with van der Waals surface area (Å²) in [7, 11) is 0. The molecule has 1 saturated heterocycles. The van der Waals surface area contributed by atoms with Gasteiger partial charge in [-0.05, 0) is 43.2 Å². The molecule has 148 valence electrons. The Labute approximate surface area is 161 Å². The molecule has 1 atom stereocenters. The highest BCUT2D eigenvalue weighted by molar-refractivity contribution is 5.27. The molecular formula is C21H30N2O4. The van der Waals surface area contributed by atoms with Crippen molar-refractivity contribution in [1.29, 1.82) is 0 Å². The molecule has 1 aliphatic rings. The zero-order valence-electron chi connectivity index (χ0n) is 16.0. The van der Waals surface area contributed by atoms with Crippen molar-refractivity contribution in [1.82, 2.24) is 9.80 Å². The van der Waals surface area contributed by atoms with E-state index >= 15 is 0 Å². The second kappa shape index (κ2) is 9.90. The minimum Gasteiger partial charge on any atom is -0.494 e. The highest BCUT2D eigenvalue weighted by Crippen LogP contribution is 2.20. The van der Waals surface area contributed by atoms with E-state index in [1.54, 1.807) is 0 Å². The van der Waals surface area contributed by atoms with Crippen LogP contribution in [0.1, 0.15) is 30.4 Å². The van der Waals surface area contributed by atoms with Gasteiger partial charge >= 0.3 is 0 Å². The Morgan fingerprint density at radius 3 is 2.48 bits per heavy atom. The number of nitrogens with zero attached hydrogens (tertiary/aromatic N) is 2. The number of aliphatic hydroxyl groups is 2. The molecule has 6 nitrogen and oxygen atoms in total. The molecular weight excluding hydrogens is 344 g/mol. The standard InChI is InChI=1S/C21H30N2O4/c1-2-26-19-5-3-17(4-6-19)13-23-11-10-22(14-18(23)9-12-24)15-20-7-8-21(16-25)27-20/h3-8,18,24-25H,2,9-16H2,1H3/t18-/m1/s1. The predicted molar refractivity (Wildman–Crippen MR) is 103 cm³/mol. The lowest BCUT2D eigenvalue weighted by atomic mass is 10.1. The monoisotopic (exact) mass is 374 g/mol. The molecule has 2 heterocycles. The zero-order valence-corrected chi connectivity index (χ0v) is 16.0. The van der Waals surface area contributed by atoms with E-state index in [1.807, 2.05) is 31.2 Å². The molecule has 1 aliphatic heterocycles. The van der Waals surface area contributed by atoms with Gasteiger partial charge in [0.15, 0.2) is 0 Å². The van der Waals surface area contributed by atoms with Crippen LogP contribution in [0.2, 0.25) is 0 Å². The fourth-order valence-corrected chi connectivity index (χ4v) is 3.64. The van der Waals surface area contributed by atoms with Gasteiger partial charge < -0.3 is 19.4 Å². The third kappa shape index (κ3) is 5.56. The van der Waals surface area contributed by atoms with Gasteiger partial charge in [0, 0.05) is 38.8 Å². The number of furan rings is 1. The molecule has 2 aromatic rings. The van der Waals surface area contributed by atoms with Gasteiger partial charge in [0.05, 0.1) is 13.2 Å². The van der Waals surface area contributed by atoms with Gasteiger partial charge in [-0.2, -0.15) is 0 Å². The number of hydrogen-bond acceptors (Lipinski definition) is 6. The number of benzene rings is 1. The molecule has 3 rings (SSSR count). The van der Waals surface area contributed by atoms with Gasteiger partial charge in [-0.3, -0.25) is 9.80 Å². The number of ether oxygens (including phenoxy) is 1. The molecule has 2 N–H and O–H groups in total. The molecule has 0 spiro atoms. The van der Waals surface area contributed by atoms with Crippen molar-refractivity contribution >= 4 is 0 Å². The topological polar surface area (TPSA) is 69.3 Å². The summed E-state index contributed by atoms with van der Waals surface area (Å²) in [5.41, 5.74) is 1.26. The molecule has 1 fully saturated rings. The number of hydrogen-bond donors (Lipinski definition) is 2. The third-order valence-corrected chi connectivity index (χ3v) is 5.02. The summed E-state index contributed by atoms with van der Waals surface area (Å²) < 4.78 is 11.1. The van der Waals surface area contributed by atoms with Crippen molar-refractivity contribution in [3.05, 3.63) is 53.5 Å². The summed E-state index contributed by atoms with van der Waals surface area (Å²) in [5, 5.41) is 18.6. The maximum Gasteiger partial charge on any atom is 0.129 e. The fraction of sp³-hybridized carbons (Fsp3) is 0.524. The summed E-state index contributed by atoms with van der Waals surface area (Å²) in [6.45, 7) is 7.19. The van der Waals surface area contributed by atoms with Crippen molar-refractivity contribution in [3.63, 3.8) is 0 Å². The smallest absolute Gasteiger partial charge is 0.129 e. The number of aliphatic hydroxyl groups excluding tert-OH is 2. The Morgan fingerprint density at radius 2 is 1.81 bits per heavy atom. The van der Waals surface area contributed by atoms with Crippen LogP contribution in [-0.4, -0.2) is 58.9 Å². The highest BCUT2D eigenvalue weighted by atomic mass is 16.5. The van der Waals surface area contributed by atoms with E-state index in [4.69, 9.17) is 14.3 Å². The average Bonchev–Trinajstić information content (AvgIpc) is 3.13. The van der Waals surface area contributed by atoms with Gasteiger partial charge in [0.1, 0.15) is 23.9 Å². The van der Waals surface area contributed by atoms with Crippen molar-refractivity contribution in [2.45, 2.75) is 39.1 Å². The first-order chi connectivity index (χ1) is 13.2. The molecule has 27 heavy (non-hydrogen) atoms. The van der Waals surface area contributed by atoms with Gasteiger partial charge in [-0.25, -0.2) is 0 Å². The van der Waals surface area contributed by atoms with E-state index in [1.165, 1.54) is 5.56 Å². The van der Waals surface area contributed by atoms with Crippen LogP contribution >= 0.6 is 0 Å². The summed E-state index contributed by atoms with van der Waals surface area (Å²) in [4.78, 5) is 4.80. The van der Waals surface area contributed by atoms with Crippen LogP contribution in [0.4, 0.5) is 0 Å². The lowest BCUT2D eigenvalue weighted by Crippen LogP contribution is -2.52. The molecule has 0 amide bonds. The number of rotatable bonds is 9. The highest BCUT2D eigenvalue weighted by Gasteiger charge is 2.27. The van der Waals surface area contributed by atoms with Crippen LogP contribution in [0.5, 0.6) is 5.75 Å². The Balaban J connectivity index is 1.58. The lowest BCUT2D eigenvalue weighted by molar-refractivity contribution is 0.0464. The normalized spacial score (nSPS) is 18.7. The summed E-state index contributed by atoms with van der Waals surface area (Å²) in [5.74, 6) is 2.38. The summed E-state index contributed by atoms with van der Waals surface area (Å²) >= 11 is 0. The van der Waals surface area contributed by atoms with Crippen LogP contribution < -0.4 is 4.74 Å². The Bertz CT molecular complexity index is 686. The maximum atomic E-state index is 9.50. The Hall–Kier alpha value is -1.86. The Kier molecular flexibility index (Phi) is 7.29. The van der Waals surface area contributed by atoms with Crippen LogP contribution in [-0.2, 0) is 19.7 Å². The predicted octanol–water partition coefficient (Wildman–Crippen LogP) is 2.24. The van der Waals surface area contributed by atoms with E-state index in [9.17, 15) is 5.11 Å².